The molecule has 57 heavy (non-hydrogen) atoms. The Morgan fingerprint density at radius 2 is 1.19 bits per heavy atom. The van der Waals surface area contributed by atoms with Gasteiger partial charge >= 0.3 is 12.1 Å². The summed E-state index contributed by atoms with van der Waals surface area (Å²) >= 11 is 0. The Hall–Kier alpha value is -3.99. The molecule has 4 rings (SSSR count). The van der Waals surface area contributed by atoms with Crippen LogP contribution in [0.15, 0.2) is 12.4 Å². The van der Waals surface area contributed by atoms with E-state index in [1.54, 1.807) is 20.8 Å². The third-order valence-electron chi connectivity index (χ3n) is 8.63. The lowest BCUT2D eigenvalue weighted by atomic mass is 9.99. The average molecular weight is 821 g/mol. The monoisotopic (exact) mass is 820 g/mol. The Morgan fingerprint density at radius 3 is 1.61 bits per heavy atom. The zero-order valence-electron chi connectivity index (χ0n) is 31.7. The maximum atomic E-state index is 13.4. The number of ether oxygens (including phenoxy) is 6. The highest BCUT2D eigenvalue weighted by Gasteiger charge is 2.45. The number of carbonyl (C=O) groups excluding carboxylic acids is 3. The third kappa shape index (κ3) is 13.3. The van der Waals surface area contributed by atoms with E-state index in [0.29, 0.717) is 0 Å². The van der Waals surface area contributed by atoms with Crippen molar-refractivity contribution in [3.05, 3.63) is 23.8 Å². The van der Waals surface area contributed by atoms with Crippen LogP contribution in [0.4, 0.5) is 4.79 Å². The minimum Gasteiger partial charge on any atom is -0.469 e. The molecule has 0 unspecified atom stereocenters. The van der Waals surface area contributed by atoms with Gasteiger partial charge in [0.1, 0.15) is 65.8 Å². The number of aromatic nitrogens is 6. The molecule has 0 aromatic carbocycles. The molecule has 0 spiro atoms. The predicted molar refractivity (Wildman–Crippen MR) is 183 cm³/mol. The van der Waals surface area contributed by atoms with E-state index in [4.69, 9.17) is 28.4 Å². The summed E-state index contributed by atoms with van der Waals surface area (Å²) in [7, 11) is 1.17. The van der Waals surface area contributed by atoms with Crippen molar-refractivity contribution in [1.29, 1.82) is 0 Å². The fourth-order valence-corrected chi connectivity index (χ4v) is 5.78. The zero-order valence-corrected chi connectivity index (χ0v) is 31.7. The van der Waals surface area contributed by atoms with Crippen LogP contribution in [0.2, 0.25) is 0 Å². The lowest BCUT2D eigenvalue weighted by Crippen LogP contribution is -2.59. The summed E-state index contributed by atoms with van der Waals surface area (Å²) in [4.78, 5) is 38.5. The molecule has 2 saturated heterocycles. The Morgan fingerprint density at radius 1 is 0.737 bits per heavy atom. The number of carbonyl (C=O) groups is 3. The molecule has 322 valence electrons. The molecule has 2 aromatic rings. The second kappa shape index (κ2) is 20.6. The van der Waals surface area contributed by atoms with Gasteiger partial charge in [-0.25, -0.2) is 4.79 Å². The number of hydrogen-bond donors (Lipinski definition) is 10. The number of nitrogens with zero attached hydrogens (tertiary/aromatic N) is 6. The van der Waals surface area contributed by atoms with Crippen LogP contribution in [-0.2, 0) is 64.3 Å². The summed E-state index contributed by atoms with van der Waals surface area (Å²) in [5, 5.41) is 101. The topological polar surface area (TPSA) is 354 Å². The molecule has 2 fully saturated rings. The van der Waals surface area contributed by atoms with E-state index in [1.807, 2.05) is 0 Å². The first-order valence-electron chi connectivity index (χ1n) is 17.9. The lowest BCUT2D eigenvalue weighted by molar-refractivity contribution is -0.304. The molecule has 2 aliphatic rings. The Kier molecular flexibility index (Phi) is 16.5. The molecule has 0 aliphatic carbocycles. The van der Waals surface area contributed by atoms with Crippen molar-refractivity contribution in [2.75, 3.05) is 20.3 Å². The molecule has 0 radical (unpaired) electrons. The van der Waals surface area contributed by atoms with Crippen LogP contribution in [0.25, 0.3) is 0 Å². The second-order valence-electron chi connectivity index (χ2n) is 14.5. The van der Waals surface area contributed by atoms with Gasteiger partial charge in [-0.2, -0.15) is 0 Å². The van der Waals surface area contributed by atoms with Gasteiger partial charge < -0.3 is 79.9 Å². The summed E-state index contributed by atoms with van der Waals surface area (Å²) in [6, 6.07) is -1.84. The molecule has 4 heterocycles. The molecule has 10 N–H and O–H groups in total. The quantitative estimate of drug-likeness (QED) is 0.0627. The molecular formula is C32H52N8O17. The van der Waals surface area contributed by atoms with Crippen LogP contribution < -0.4 is 10.6 Å². The van der Waals surface area contributed by atoms with E-state index in [2.05, 4.69) is 31.3 Å². The standard InChI is InChI=1S/C32H52N8O17/c1-32(2,3)57-31(51)34-15(7-39-9-17(35-37-39)13-53-29-27(49)25(47)23(45)19(11-41)55-29)5-21(43)33-16(6-22(44)52-4)8-40-10-18(36-38-40)14-54-30-28(50)26(48)24(46)20(12-42)56-30/h9-10,15-16,19-20,23-30,41-42,45-50H,5-8,11-14H2,1-4H3,(H,33,43)(H,34,51)/t15-,16-,19+,20+,23+,24+,25-,26-,27-,28-,29-,30-/m0/s1. The van der Waals surface area contributed by atoms with Gasteiger partial charge in [-0.3, -0.25) is 19.0 Å². The highest BCUT2D eigenvalue weighted by atomic mass is 16.7. The highest BCUT2D eigenvalue weighted by molar-refractivity contribution is 5.79. The fourth-order valence-electron chi connectivity index (χ4n) is 5.78. The number of hydrogen-bond acceptors (Lipinski definition) is 21. The van der Waals surface area contributed by atoms with Crippen LogP contribution in [0.3, 0.4) is 0 Å². The maximum absolute atomic E-state index is 13.4. The van der Waals surface area contributed by atoms with Crippen molar-refractivity contribution < 1.29 is 83.7 Å². The summed E-state index contributed by atoms with van der Waals surface area (Å²) in [5.41, 5.74) is -0.430. The summed E-state index contributed by atoms with van der Waals surface area (Å²) in [5.74, 6) is -1.27. The summed E-state index contributed by atoms with van der Waals surface area (Å²) in [6.07, 6.45) is -13.5. The molecular weight excluding hydrogens is 768 g/mol. The van der Waals surface area contributed by atoms with Crippen molar-refractivity contribution in [1.82, 2.24) is 40.6 Å². The van der Waals surface area contributed by atoms with Crippen molar-refractivity contribution in [3.63, 3.8) is 0 Å². The minimum atomic E-state index is -1.64. The summed E-state index contributed by atoms with van der Waals surface area (Å²) in [6.45, 7) is 2.93. The first-order valence-corrected chi connectivity index (χ1v) is 17.9. The molecule has 2 aromatic heterocycles. The Labute approximate surface area is 325 Å². The van der Waals surface area contributed by atoms with E-state index >= 15 is 0 Å². The van der Waals surface area contributed by atoms with Gasteiger partial charge in [0.25, 0.3) is 0 Å². The lowest BCUT2D eigenvalue weighted by Gasteiger charge is -2.39. The van der Waals surface area contributed by atoms with Gasteiger partial charge in [-0.1, -0.05) is 10.4 Å². The SMILES string of the molecule is COC(=O)C[C@@H](Cn1cc(CO[C@H]2O[C@H](CO)[C@@H](O)[C@H](O)[C@@H]2O)nn1)NC(=O)C[C@@H](Cn1cc(CO[C@H]2O[C@H](CO)[C@@H](O)[C@H](O)[C@@H]2O)nn1)NC(=O)OC(C)(C)C. The van der Waals surface area contributed by atoms with E-state index in [0.717, 1.165) is 0 Å². The molecule has 2 amide bonds. The van der Waals surface area contributed by atoms with E-state index in [9.17, 15) is 55.2 Å². The molecule has 0 bridgehead atoms. The molecule has 0 saturated carbocycles. The van der Waals surface area contributed by atoms with E-state index < -0.39 is 110 Å². The van der Waals surface area contributed by atoms with Crippen LogP contribution >= 0.6 is 0 Å². The van der Waals surface area contributed by atoms with Gasteiger partial charge in [0.05, 0.1) is 77.5 Å². The number of methoxy groups -OCH3 is 1. The maximum Gasteiger partial charge on any atom is 0.407 e. The third-order valence-corrected chi connectivity index (χ3v) is 8.63. The number of aliphatic hydroxyl groups excluding tert-OH is 8. The molecule has 25 nitrogen and oxygen atoms in total. The van der Waals surface area contributed by atoms with Gasteiger partial charge in [0, 0.05) is 6.42 Å². The van der Waals surface area contributed by atoms with Crippen molar-refractivity contribution in [2.24, 2.45) is 0 Å². The number of nitrogens with one attached hydrogen (secondary N) is 2. The van der Waals surface area contributed by atoms with Crippen molar-refractivity contribution >= 4 is 18.0 Å². The number of alkyl carbamates (subject to hydrolysis) is 1. The largest absolute Gasteiger partial charge is 0.469 e. The van der Waals surface area contributed by atoms with Gasteiger partial charge in [-0.05, 0) is 20.8 Å². The first kappa shape index (κ1) is 45.7. The average Bonchev–Trinajstić information content (AvgIpc) is 3.80. The van der Waals surface area contributed by atoms with Crippen LogP contribution in [-0.4, -0.2) is 188 Å². The van der Waals surface area contributed by atoms with Crippen LogP contribution in [0, 0.1) is 0 Å². The number of aliphatic hydroxyl groups is 8. The highest BCUT2D eigenvalue weighted by Crippen LogP contribution is 2.24. The van der Waals surface area contributed by atoms with Gasteiger partial charge in [0.15, 0.2) is 12.6 Å². The van der Waals surface area contributed by atoms with Gasteiger partial charge in [-0.15, -0.1) is 10.2 Å². The Balaban J connectivity index is 1.38. The normalized spacial score (nSPS) is 29.0. The number of rotatable bonds is 18. The number of esters is 1. The molecule has 25 heteroatoms. The smallest absolute Gasteiger partial charge is 0.407 e. The predicted octanol–water partition coefficient (Wildman–Crippen LogP) is -5.47. The Bertz CT molecular complexity index is 1590. The zero-order chi connectivity index (χ0) is 42.0. The molecule has 2 aliphatic heterocycles. The fraction of sp³-hybridized carbons (Fsp3) is 0.781. The van der Waals surface area contributed by atoms with E-state index in [-0.39, 0.29) is 50.5 Å². The second-order valence-corrected chi connectivity index (χ2v) is 14.5. The summed E-state index contributed by atoms with van der Waals surface area (Å²) < 4.78 is 34.4. The number of amides is 2. The van der Waals surface area contributed by atoms with Gasteiger partial charge in [0.2, 0.25) is 5.91 Å². The minimum absolute atomic E-state index is 0.0844. The van der Waals surface area contributed by atoms with Crippen LogP contribution in [0.5, 0.6) is 0 Å². The first-order chi connectivity index (χ1) is 26.9. The van der Waals surface area contributed by atoms with Crippen molar-refractivity contribution in [3.8, 4) is 0 Å². The van der Waals surface area contributed by atoms with E-state index in [1.165, 1.54) is 28.9 Å². The van der Waals surface area contributed by atoms with Crippen molar-refractivity contribution in [2.45, 2.75) is 139 Å². The molecule has 12 atom stereocenters. The van der Waals surface area contributed by atoms with Crippen LogP contribution in [0.1, 0.15) is 45.0 Å².